The van der Waals surface area contributed by atoms with Gasteiger partial charge in [-0.2, -0.15) is 0 Å². The molecule has 0 bridgehead atoms. The van der Waals surface area contributed by atoms with Crippen LogP contribution in [0.25, 0.3) is 11.3 Å². The van der Waals surface area contributed by atoms with Crippen molar-refractivity contribution in [2.24, 2.45) is 0 Å². The van der Waals surface area contributed by atoms with Crippen LogP contribution in [-0.2, 0) is 0 Å². The van der Waals surface area contributed by atoms with Crippen molar-refractivity contribution in [3.63, 3.8) is 0 Å². The third kappa shape index (κ3) is 2.27. The molecule has 0 aliphatic rings. The van der Waals surface area contributed by atoms with Crippen molar-refractivity contribution in [1.29, 1.82) is 0 Å². The van der Waals surface area contributed by atoms with Gasteiger partial charge in [0.25, 0.3) is 0 Å². The minimum Gasteiger partial charge on any atom is -0.383 e. The van der Waals surface area contributed by atoms with Crippen molar-refractivity contribution in [1.82, 2.24) is 9.55 Å². The summed E-state index contributed by atoms with van der Waals surface area (Å²) in [7, 11) is 0. The van der Waals surface area contributed by atoms with Gasteiger partial charge in [-0.1, -0.05) is 27.5 Å². The lowest BCUT2D eigenvalue weighted by molar-refractivity contribution is 0.590. The average Bonchev–Trinajstić information content (AvgIpc) is 2.57. The molecule has 0 spiro atoms. The Balaban J connectivity index is 2.65. The monoisotopic (exact) mass is 327 g/mol. The molecule has 0 unspecified atom stereocenters. The highest BCUT2D eigenvalue weighted by Crippen LogP contribution is 2.35. The van der Waals surface area contributed by atoms with E-state index >= 15 is 0 Å². The number of nitrogens with zero attached hydrogens (tertiary/aromatic N) is 2. The van der Waals surface area contributed by atoms with Crippen LogP contribution < -0.4 is 5.73 Å². The van der Waals surface area contributed by atoms with Gasteiger partial charge in [0, 0.05) is 21.1 Å². The zero-order chi connectivity index (χ0) is 13.4. The van der Waals surface area contributed by atoms with Crippen LogP contribution in [0.2, 0.25) is 5.02 Å². The molecule has 2 rings (SSSR count). The number of anilines is 1. The predicted molar refractivity (Wildman–Crippen MR) is 79.9 cm³/mol. The Hall–Kier alpha value is -1.00. The fourth-order valence-corrected chi connectivity index (χ4v) is 2.70. The van der Waals surface area contributed by atoms with Gasteiger partial charge in [-0.15, -0.1) is 0 Å². The quantitative estimate of drug-likeness (QED) is 0.886. The molecule has 0 radical (unpaired) electrons. The first kappa shape index (κ1) is 13.4. The van der Waals surface area contributed by atoms with Gasteiger partial charge in [0.05, 0.1) is 0 Å². The molecule has 5 heteroatoms. The average molecular weight is 329 g/mol. The van der Waals surface area contributed by atoms with Gasteiger partial charge in [-0.3, -0.25) is 0 Å². The Morgan fingerprint density at radius 2 is 2.06 bits per heavy atom. The molecule has 0 aliphatic carbocycles. The first-order valence-corrected chi connectivity index (χ1v) is 6.88. The number of aromatic nitrogens is 2. The van der Waals surface area contributed by atoms with E-state index in [0.717, 1.165) is 21.6 Å². The Morgan fingerprint density at radius 1 is 1.39 bits per heavy atom. The van der Waals surface area contributed by atoms with Gasteiger partial charge in [0.2, 0.25) is 0 Å². The molecule has 0 aliphatic heterocycles. The smallest absolute Gasteiger partial charge is 0.132 e. The summed E-state index contributed by atoms with van der Waals surface area (Å²) in [5, 5.41) is 0.671. The number of nitrogen functional groups attached to an aromatic ring is 1. The molecule has 0 fully saturated rings. The Labute approximate surface area is 120 Å². The van der Waals surface area contributed by atoms with E-state index < -0.39 is 0 Å². The molecule has 1 aromatic heterocycles. The van der Waals surface area contributed by atoms with Gasteiger partial charge >= 0.3 is 0 Å². The Kier molecular flexibility index (Phi) is 3.69. The molecule has 0 atom stereocenters. The van der Waals surface area contributed by atoms with Gasteiger partial charge in [-0.25, -0.2) is 4.98 Å². The van der Waals surface area contributed by atoms with E-state index in [0.29, 0.717) is 10.8 Å². The Morgan fingerprint density at radius 3 is 2.61 bits per heavy atom. The highest BCUT2D eigenvalue weighted by Gasteiger charge is 2.17. The first-order valence-electron chi connectivity index (χ1n) is 5.71. The lowest BCUT2D eigenvalue weighted by atomic mass is 10.1. The van der Waals surface area contributed by atoms with Crippen LogP contribution in [0.4, 0.5) is 5.82 Å². The van der Waals surface area contributed by atoms with E-state index in [1.807, 2.05) is 29.7 Å². The maximum Gasteiger partial charge on any atom is 0.132 e. The third-order valence-corrected chi connectivity index (χ3v) is 3.75. The lowest BCUT2D eigenvalue weighted by Crippen LogP contribution is -2.07. The van der Waals surface area contributed by atoms with Crippen LogP contribution >= 0.6 is 27.5 Å². The summed E-state index contributed by atoms with van der Waals surface area (Å²) in [6, 6.07) is 5.89. The summed E-state index contributed by atoms with van der Waals surface area (Å²) in [5.41, 5.74) is 7.89. The second-order valence-corrected chi connectivity index (χ2v) is 5.77. The first-order chi connectivity index (χ1) is 8.41. The largest absolute Gasteiger partial charge is 0.383 e. The van der Waals surface area contributed by atoms with E-state index in [1.165, 1.54) is 0 Å². The summed E-state index contributed by atoms with van der Waals surface area (Å²) in [6.45, 7) is 6.13. The molecule has 18 heavy (non-hydrogen) atoms. The van der Waals surface area contributed by atoms with Crippen LogP contribution in [-0.4, -0.2) is 9.55 Å². The fraction of sp³-hybridized carbons (Fsp3) is 0.308. The molecule has 3 nitrogen and oxygen atoms in total. The predicted octanol–water partition coefficient (Wildman–Crippen LogP) is 4.44. The summed E-state index contributed by atoms with van der Waals surface area (Å²) < 4.78 is 2.95. The summed E-state index contributed by atoms with van der Waals surface area (Å²) in [5.74, 6) is 1.58. The van der Waals surface area contributed by atoms with E-state index in [9.17, 15) is 0 Å². The minimum atomic E-state index is 0.282. The third-order valence-electron chi connectivity index (χ3n) is 2.82. The number of rotatable bonds is 2. The number of nitrogens with two attached hydrogens (primary N) is 1. The maximum atomic E-state index is 6.19. The topological polar surface area (TPSA) is 43.8 Å². The van der Waals surface area contributed by atoms with E-state index in [4.69, 9.17) is 17.3 Å². The normalized spacial score (nSPS) is 11.2. The van der Waals surface area contributed by atoms with Gasteiger partial charge < -0.3 is 10.3 Å². The van der Waals surface area contributed by atoms with Gasteiger partial charge in [-0.05, 0) is 39.0 Å². The molecule has 0 amide bonds. The lowest BCUT2D eigenvalue weighted by Gasteiger charge is -2.11. The number of hydrogen-bond donors (Lipinski definition) is 1. The number of halogens is 2. The second-order valence-electron chi connectivity index (χ2n) is 4.48. The molecule has 2 N–H and O–H groups in total. The summed E-state index contributed by atoms with van der Waals surface area (Å²) >= 11 is 9.54. The van der Waals surface area contributed by atoms with E-state index in [2.05, 4.69) is 34.8 Å². The highest BCUT2D eigenvalue weighted by molar-refractivity contribution is 9.10. The summed E-state index contributed by atoms with van der Waals surface area (Å²) in [6.07, 6.45) is 0. The van der Waals surface area contributed by atoms with E-state index in [-0.39, 0.29) is 6.04 Å². The molecule has 0 saturated carbocycles. The SMILES string of the molecule is Cc1nc(-c2cc(Cl)ccc2Br)c(N)n1C(C)C. The zero-order valence-electron chi connectivity index (χ0n) is 10.5. The maximum absolute atomic E-state index is 6.19. The molecular formula is C13H15BrClN3. The molecule has 0 saturated heterocycles. The van der Waals surface area contributed by atoms with Crippen molar-refractivity contribution >= 4 is 33.3 Å². The standard InChI is InChI=1S/C13H15BrClN3/c1-7(2)18-8(3)17-12(13(18)16)10-6-9(15)4-5-11(10)14/h4-7H,16H2,1-3H3. The number of aryl methyl sites for hydroxylation is 1. The second kappa shape index (κ2) is 4.94. The van der Waals surface area contributed by atoms with Crippen LogP contribution in [0.5, 0.6) is 0 Å². The number of hydrogen-bond acceptors (Lipinski definition) is 2. The van der Waals surface area contributed by atoms with Crippen LogP contribution in [0.15, 0.2) is 22.7 Å². The molecule has 1 heterocycles. The van der Waals surface area contributed by atoms with Crippen molar-refractivity contribution in [2.75, 3.05) is 5.73 Å². The summed E-state index contributed by atoms with van der Waals surface area (Å²) in [4.78, 5) is 4.55. The van der Waals surface area contributed by atoms with Crippen LogP contribution in [0.3, 0.4) is 0 Å². The minimum absolute atomic E-state index is 0.282. The number of benzene rings is 1. The highest BCUT2D eigenvalue weighted by atomic mass is 79.9. The van der Waals surface area contributed by atoms with Crippen molar-refractivity contribution in [2.45, 2.75) is 26.8 Å². The molecule has 2 aromatic rings. The van der Waals surface area contributed by atoms with Crippen molar-refractivity contribution in [3.05, 3.63) is 33.5 Å². The molecular weight excluding hydrogens is 314 g/mol. The van der Waals surface area contributed by atoms with Gasteiger partial charge in [0.15, 0.2) is 0 Å². The molecule has 1 aromatic carbocycles. The fourth-order valence-electron chi connectivity index (χ4n) is 2.09. The van der Waals surface area contributed by atoms with E-state index in [1.54, 1.807) is 0 Å². The van der Waals surface area contributed by atoms with Crippen molar-refractivity contribution < 1.29 is 0 Å². The van der Waals surface area contributed by atoms with Crippen LogP contribution in [0.1, 0.15) is 25.7 Å². The Bertz CT molecular complexity index is 590. The van der Waals surface area contributed by atoms with Crippen molar-refractivity contribution in [3.8, 4) is 11.3 Å². The number of imidazole rings is 1. The van der Waals surface area contributed by atoms with Gasteiger partial charge in [0.1, 0.15) is 17.3 Å². The zero-order valence-corrected chi connectivity index (χ0v) is 12.9. The molecule has 96 valence electrons. The van der Waals surface area contributed by atoms with Crippen LogP contribution in [0, 0.1) is 6.92 Å².